The zero-order valence-electron chi connectivity index (χ0n) is 21.7. The highest BCUT2D eigenvalue weighted by Crippen LogP contribution is 2.32. The molecule has 0 radical (unpaired) electrons. The highest BCUT2D eigenvalue weighted by atomic mass is 19.2. The number of hydrogen-bond acceptors (Lipinski definition) is 1. The summed E-state index contributed by atoms with van der Waals surface area (Å²) in [4.78, 5) is 12.5. The molecule has 1 aliphatic carbocycles. The molecule has 0 bridgehead atoms. The molecular formula is C28H8BF15O2. The summed E-state index contributed by atoms with van der Waals surface area (Å²) >= 11 is 0. The van der Waals surface area contributed by atoms with Crippen molar-refractivity contribution in [3.8, 4) is 0 Å². The van der Waals surface area contributed by atoms with Gasteiger partial charge in [-0.2, -0.15) is 0 Å². The van der Waals surface area contributed by atoms with Crippen molar-refractivity contribution in [1.29, 1.82) is 0 Å². The van der Waals surface area contributed by atoms with Crippen LogP contribution in [0.4, 0.5) is 65.9 Å². The molecule has 0 saturated heterocycles. The summed E-state index contributed by atoms with van der Waals surface area (Å²) in [5.41, 5.74) is -9.26. The second kappa shape index (κ2) is 11.2. The first-order chi connectivity index (χ1) is 21.5. The summed E-state index contributed by atoms with van der Waals surface area (Å²) in [6.45, 7) is 0. The van der Waals surface area contributed by atoms with Crippen molar-refractivity contribution in [1.82, 2.24) is 0 Å². The van der Waals surface area contributed by atoms with E-state index in [2.05, 4.69) is 4.65 Å². The van der Waals surface area contributed by atoms with Crippen LogP contribution >= 0.6 is 0 Å². The lowest BCUT2D eigenvalue weighted by molar-refractivity contribution is -0.114. The summed E-state index contributed by atoms with van der Waals surface area (Å²) in [5, 5.41) is 0. The Morgan fingerprint density at radius 2 is 0.761 bits per heavy atom. The molecule has 240 valence electrons. The molecule has 2 nitrogen and oxygen atoms in total. The Hall–Kier alpha value is -4.90. The van der Waals surface area contributed by atoms with Crippen LogP contribution in [-0.4, -0.2) is 16.8 Å². The Labute approximate surface area is 245 Å². The van der Waals surface area contributed by atoms with Crippen LogP contribution in [-0.2, 0) is 11.2 Å². The Morgan fingerprint density at radius 3 is 1.11 bits per heavy atom. The minimum absolute atomic E-state index is 0.134. The van der Waals surface area contributed by atoms with Crippen LogP contribution in [0.2, 0.25) is 0 Å². The molecule has 46 heavy (non-hydrogen) atoms. The number of carbonyl (C=O) groups excluding carboxylic acids is 1. The lowest BCUT2D eigenvalue weighted by atomic mass is 9.27. The molecule has 0 fully saturated rings. The van der Waals surface area contributed by atoms with Crippen LogP contribution in [0.3, 0.4) is 0 Å². The highest BCUT2D eigenvalue weighted by Gasteiger charge is 2.57. The Morgan fingerprint density at radius 1 is 0.457 bits per heavy atom. The molecule has 4 aromatic rings. The summed E-state index contributed by atoms with van der Waals surface area (Å²) in [5.74, 6) is -49.5. The molecule has 4 aromatic carbocycles. The molecule has 0 atom stereocenters. The van der Waals surface area contributed by atoms with E-state index in [4.69, 9.17) is 0 Å². The van der Waals surface area contributed by atoms with Crippen LogP contribution < -0.4 is 16.4 Å². The van der Waals surface area contributed by atoms with Crippen LogP contribution in [0.1, 0.15) is 11.1 Å². The minimum Gasteiger partial charge on any atom is -0.817 e. The van der Waals surface area contributed by atoms with Crippen molar-refractivity contribution < 1.29 is 75.3 Å². The van der Waals surface area contributed by atoms with E-state index in [1.807, 2.05) is 0 Å². The maximum absolute atomic E-state index is 15.6. The predicted molar refractivity (Wildman–Crippen MR) is 129 cm³/mol. The average Bonchev–Trinajstić information content (AvgIpc) is 3.02. The number of carbonyl (C=O) groups is 1. The molecule has 0 aromatic heterocycles. The normalized spacial score (nSPS) is 13.2. The monoisotopic (exact) mass is 672 g/mol. The lowest BCUT2D eigenvalue weighted by Gasteiger charge is -2.42. The fourth-order valence-corrected chi connectivity index (χ4v) is 5.30. The quantitative estimate of drug-likeness (QED) is 0.0915. The van der Waals surface area contributed by atoms with E-state index >= 15 is 26.3 Å². The van der Waals surface area contributed by atoms with Crippen molar-refractivity contribution in [3.63, 3.8) is 0 Å². The Balaban J connectivity index is 2.16. The van der Waals surface area contributed by atoms with Crippen LogP contribution in [0.15, 0.2) is 30.3 Å². The van der Waals surface area contributed by atoms with Gasteiger partial charge in [0.1, 0.15) is 34.9 Å². The highest BCUT2D eigenvalue weighted by molar-refractivity contribution is 7.07. The first-order valence-corrected chi connectivity index (χ1v) is 12.2. The molecule has 0 amide bonds. The van der Waals surface area contributed by atoms with Gasteiger partial charge in [0.25, 0.3) is 0 Å². The zero-order chi connectivity index (χ0) is 34.2. The van der Waals surface area contributed by atoms with Crippen LogP contribution in [0.5, 0.6) is 0 Å². The van der Waals surface area contributed by atoms with Gasteiger partial charge in [-0.3, -0.25) is 4.79 Å². The van der Waals surface area contributed by atoms with Crippen molar-refractivity contribution in [2.24, 2.45) is 0 Å². The third kappa shape index (κ3) is 4.44. The Bertz CT molecular complexity index is 1790. The largest absolute Gasteiger partial charge is 0.817 e. The van der Waals surface area contributed by atoms with E-state index in [0.29, 0.717) is 6.08 Å². The van der Waals surface area contributed by atoms with E-state index in [9.17, 15) is 44.3 Å². The topological polar surface area (TPSA) is 29.9 Å². The van der Waals surface area contributed by atoms with Gasteiger partial charge in [0.15, 0.2) is 58.1 Å². The predicted octanol–water partition coefficient (Wildman–Crippen LogP) is 5.43. The maximum atomic E-state index is 15.6. The fourth-order valence-electron chi connectivity index (χ4n) is 5.30. The maximum Gasteiger partial charge on any atom is 0.431 e. The molecule has 0 unspecified atom stereocenters. The standard InChI is InChI=1S/C28H8BF15O2/c30-14-11(15(31)21(37)26(42)20(14)36)29(12-16(32)22(38)27(43)23(39)17(12)33,13-18(34)24(40)28(44)25(41)19(13)35)46-10-6-8(45)5-7-3-1-2-4-9(7)10/h1-4,6,46H,5H2. The number of aliphatic hydroxyl groups is 1. The smallest absolute Gasteiger partial charge is 0.431 e. The first kappa shape index (κ1) is 32.5. The lowest BCUT2D eigenvalue weighted by Crippen LogP contribution is -2.76. The van der Waals surface area contributed by atoms with Gasteiger partial charge >= 0.3 is 6.35 Å². The summed E-state index contributed by atoms with van der Waals surface area (Å²) in [6.07, 6.45) is -6.42. The third-order valence-corrected chi connectivity index (χ3v) is 7.27. The molecule has 0 heterocycles. The second-order valence-electron chi connectivity index (χ2n) is 9.73. The van der Waals surface area contributed by atoms with Gasteiger partial charge in [-0.15, -0.1) is 0 Å². The van der Waals surface area contributed by atoms with Gasteiger partial charge in [0.05, 0.1) is 11.6 Å². The second-order valence-corrected chi connectivity index (χ2v) is 9.73. The number of halogens is 15. The summed E-state index contributed by atoms with van der Waals surface area (Å²) in [6, 6.07) is 4.49. The van der Waals surface area contributed by atoms with E-state index in [0.717, 1.165) is 18.2 Å². The van der Waals surface area contributed by atoms with Crippen molar-refractivity contribution in [3.05, 3.63) is 129 Å². The minimum atomic E-state index is -6.19. The van der Waals surface area contributed by atoms with Gasteiger partial charge < -0.3 is 4.65 Å². The summed E-state index contributed by atoms with van der Waals surface area (Å²) in [7, 11) is 0. The van der Waals surface area contributed by atoms with E-state index in [1.165, 1.54) is 6.07 Å². The number of hydrogen-bond donors (Lipinski definition) is 0. The molecule has 0 saturated carbocycles. The number of ketones is 1. The van der Waals surface area contributed by atoms with E-state index in [-0.39, 0.29) is 5.56 Å². The number of rotatable bonds is 5. The third-order valence-electron chi connectivity index (χ3n) is 7.27. The number of benzene rings is 4. The van der Waals surface area contributed by atoms with Crippen molar-refractivity contribution in [2.75, 3.05) is 0 Å². The molecule has 18 heteroatoms. The average molecular weight is 672 g/mol. The van der Waals surface area contributed by atoms with Gasteiger partial charge in [-0.1, -0.05) is 18.2 Å². The number of fused-ring (bicyclic) bond motifs is 1. The van der Waals surface area contributed by atoms with E-state index in [1.54, 1.807) is 0 Å². The molecule has 1 aliphatic rings. The molecule has 1 N–H and O–H groups in total. The van der Waals surface area contributed by atoms with Crippen LogP contribution in [0.25, 0.3) is 5.76 Å². The SMILES string of the molecule is O=C1C=C([OH+][B-](c2c(F)c(F)c(F)c(F)c2F)(c2c(F)c(F)c(F)c(F)c2F)c2c(F)c(F)c(F)c(F)c2F)c2ccccc2C1. The van der Waals surface area contributed by atoms with Crippen molar-refractivity contribution in [2.45, 2.75) is 6.42 Å². The van der Waals surface area contributed by atoms with Gasteiger partial charge in [-0.05, 0) is 28.0 Å². The van der Waals surface area contributed by atoms with Crippen LogP contribution in [0, 0.1) is 87.3 Å². The molecular weight excluding hydrogens is 664 g/mol. The van der Waals surface area contributed by atoms with Crippen molar-refractivity contribution >= 4 is 34.3 Å². The molecule has 5 rings (SSSR count). The molecule has 0 spiro atoms. The first-order valence-electron chi connectivity index (χ1n) is 12.2. The zero-order valence-corrected chi connectivity index (χ0v) is 21.7. The fraction of sp³-hybridized carbons (Fsp3) is 0.0357. The van der Waals surface area contributed by atoms with Gasteiger partial charge in [0, 0.05) is 6.42 Å². The van der Waals surface area contributed by atoms with E-state index < -0.39 is 134 Å². The van der Waals surface area contributed by atoms with Gasteiger partial charge in [0.2, 0.25) is 5.76 Å². The van der Waals surface area contributed by atoms with Gasteiger partial charge in [-0.25, -0.2) is 65.9 Å². The summed E-state index contributed by atoms with van der Waals surface area (Å²) < 4.78 is 227. The Kier molecular flexibility index (Phi) is 7.89. The number of allylic oxidation sites excluding steroid dienone is 1. The molecule has 0 aliphatic heterocycles.